The number of hydrogen-bond acceptors (Lipinski definition) is 4. The average Bonchev–Trinajstić information content (AvgIpc) is 2.81. The SMILES string of the molecule is CCOC(=O)c1cc(-c2ccnc(CC)n2)n(C)c1. The first kappa shape index (κ1) is 13.3. The van der Waals surface area contributed by atoms with Gasteiger partial charge >= 0.3 is 5.97 Å². The summed E-state index contributed by atoms with van der Waals surface area (Å²) in [5.74, 6) is 0.477. The molecule has 0 unspecified atom stereocenters. The number of carbonyl (C=O) groups is 1. The van der Waals surface area contributed by atoms with Crippen molar-refractivity contribution in [3.63, 3.8) is 0 Å². The van der Waals surface area contributed by atoms with Gasteiger partial charge < -0.3 is 9.30 Å². The number of rotatable bonds is 4. The third-order valence-corrected chi connectivity index (χ3v) is 2.80. The topological polar surface area (TPSA) is 57.0 Å². The number of carbonyl (C=O) groups excluding carboxylic acids is 1. The first-order valence-corrected chi connectivity index (χ1v) is 6.31. The number of nitrogens with zero attached hydrogens (tertiary/aromatic N) is 3. The van der Waals surface area contributed by atoms with Gasteiger partial charge in [0.05, 0.1) is 23.6 Å². The monoisotopic (exact) mass is 259 g/mol. The number of aromatic nitrogens is 3. The van der Waals surface area contributed by atoms with Crippen molar-refractivity contribution in [1.82, 2.24) is 14.5 Å². The van der Waals surface area contributed by atoms with Crippen molar-refractivity contribution < 1.29 is 9.53 Å². The van der Waals surface area contributed by atoms with Crippen LogP contribution in [0.25, 0.3) is 11.4 Å². The van der Waals surface area contributed by atoms with E-state index in [1.807, 2.05) is 24.6 Å². The van der Waals surface area contributed by atoms with Gasteiger partial charge in [-0.2, -0.15) is 0 Å². The van der Waals surface area contributed by atoms with E-state index < -0.39 is 0 Å². The van der Waals surface area contributed by atoms with Crippen molar-refractivity contribution in [2.45, 2.75) is 20.3 Å². The molecule has 2 aromatic rings. The second kappa shape index (κ2) is 5.65. The zero-order valence-corrected chi connectivity index (χ0v) is 11.4. The maximum Gasteiger partial charge on any atom is 0.339 e. The van der Waals surface area contributed by atoms with Gasteiger partial charge in [-0.25, -0.2) is 14.8 Å². The second-order valence-corrected chi connectivity index (χ2v) is 4.16. The van der Waals surface area contributed by atoms with Crippen LogP contribution in [0.3, 0.4) is 0 Å². The van der Waals surface area contributed by atoms with Crippen molar-refractivity contribution in [2.75, 3.05) is 6.61 Å². The Hall–Kier alpha value is -2.17. The number of esters is 1. The van der Waals surface area contributed by atoms with Gasteiger partial charge in [-0.15, -0.1) is 0 Å². The summed E-state index contributed by atoms with van der Waals surface area (Å²) in [5, 5.41) is 0. The molecule has 0 amide bonds. The zero-order valence-electron chi connectivity index (χ0n) is 11.4. The third kappa shape index (κ3) is 2.81. The molecule has 5 nitrogen and oxygen atoms in total. The van der Waals surface area contributed by atoms with E-state index in [1.54, 1.807) is 25.4 Å². The van der Waals surface area contributed by atoms with Gasteiger partial charge in [0.15, 0.2) is 0 Å². The van der Waals surface area contributed by atoms with Crippen LogP contribution >= 0.6 is 0 Å². The molecule has 2 rings (SSSR count). The smallest absolute Gasteiger partial charge is 0.339 e. The summed E-state index contributed by atoms with van der Waals surface area (Å²) in [7, 11) is 1.88. The molecule has 0 aliphatic carbocycles. The summed E-state index contributed by atoms with van der Waals surface area (Å²) in [6, 6.07) is 3.63. The summed E-state index contributed by atoms with van der Waals surface area (Å²) in [5.41, 5.74) is 2.22. The molecule has 0 spiro atoms. The normalized spacial score (nSPS) is 10.5. The van der Waals surface area contributed by atoms with E-state index in [-0.39, 0.29) is 5.97 Å². The molecular weight excluding hydrogens is 242 g/mol. The Balaban J connectivity index is 2.37. The minimum absolute atomic E-state index is 0.311. The fourth-order valence-corrected chi connectivity index (χ4v) is 1.86. The quantitative estimate of drug-likeness (QED) is 0.790. The molecule has 0 aliphatic rings. The summed E-state index contributed by atoms with van der Waals surface area (Å²) in [6.07, 6.45) is 4.27. The van der Waals surface area contributed by atoms with E-state index in [9.17, 15) is 4.79 Å². The van der Waals surface area contributed by atoms with Crippen LogP contribution < -0.4 is 0 Å². The fourth-order valence-electron chi connectivity index (χ4n) is 1.86. The third-order valence-electron chi connectivity index (χ3n) is 2.80. The zero-order chi connectivity index (χ0) is 13.8. The predicted molar refractivity (Wildman–Crippen MR) is 71.8 cm³/mol. The molecular formula is C14H17N3O2. The molecule has 0 aromatic carbocycles. The van der Waals surface area contributed by atoms with Crippen LogP contribution in [0.5, 0.6) is 0 Å². The van der Waals surface area contributed by atoms with E-state index in [0.29, 0.717) is 12.2 Å². The molecule has 2 heterocycles. The van der Waals surface area contributed by atoms with Crippen LogP contribution in [0.2, 0.25) is 0 Å². The van der Waals surface area contributed by atoms with Crippen molar-refractivity contribution in [3.8, 4) is 11.4 Å². The average molecular weight is 259 g/mol. The molecule has 0 saturated carbocycles. The molecule has 2 aromatic heterocycles. The fraction of sp³-hybridized carbons (Fsp3) is 0.357. The molecule has 0 fully saturated rings. The van der Waals surface area contributed by atoms with Gasteiger partial charge in [0.25, 0.3) is 0 Å². The summed E-state index contributed by atoms with van der Waals surface area (Å²) >= 11 is 0. The maximum atomic E-state index is 11.7. The van der Waals surface area contributed by atoms with E-state index in [2.05, 4.69) is 9.97 Å². The standard InChI is InChI=1S/C14H17N3O2/c1-4-13-15-7-6-11(16-13)12-8-10(9-17(12)3)14(18)19-5-2/h6-9H,4-5H2,1-3H3. The maximum absolute atomic E-state index is 11.7. The highest BCUT2D eigenvalue weighted by Crippen LogP contribution is 2.20. The van der Waals surface area contributed by atoms with Gasteiger partial charge in [0.2, 0.25) is 0 Å². The molecule has 0 atom stereocenters. The Morgan fingerprint density at radius 3 is 2.89 bits per heavy atom. The summed E-state index contributed by atoms with van der Waals surface area (Å²) in [6.45, 7) is 4.17. The van der Waals surface area contributed by atoms with Crippen molar-refractivity contribution in [1.29, 1.82) is 0 Å². The first-order chi connectivity index (χ1) is 9.15. The predicted octanol–water partition coefficient (Wildman–Crippen LogP) is 2.22. The Morgan fingerprint density at radius 2 is 2.21 bits per heavy atom. The summed E-state index contributed by atoms with van der Waals surface area (Å²) in [4.78, 5) is 20.3. The van der Waals surface area contributed by atoms with Crippen molar-refractivity contribution in [3.05, 3.63) is 35.9 Å². The number of ether oxygens (including phenoxy) is 1. The van der Waals surface area contributed by atoms with Gasteiger partial charge in [-0.05, 0) is 19.1 Å². The lowest BCUT2D eigenvalue weighted by atomic mass is 10.2. The van der Waals surface area contributed by atoms with Crippen LogP contribution in [0.4, 0.5) is 0 Å². The second-order valence-electron chi connectivity index (χ2n) is 4.16. The van der Waals surface area contributed by atoms with Crippen LogP contribution in [0, 0.1) is 0 Å². The largest absolute Gasteiger partial charge is 0.462 e. The highest BCUT2D eigenvalue weighted by atomic mass is 16.5. The minimum atomic E-state index is -0.311. The molecule has 0 saturated heterocycles. The molecule has 0 N–H and O–H groups in total. The Bertz CT molecular complexity index is 590. The Morgan fingerprint density at radius 1 is 1.42 bits per heavy atom. The van der Waals surface area contributed by atoms with E-state index in [0.717, 1.165) is 23.6 Å². The first-order valence-electron chi connectivity index (χ1n) is 6.31. The molecule has 5 heteroatoms. The minimum Gasteiger partial charge on any atom is -0.462 e. The van der Waals surface area contributed by atoms with Crippen molar-refractivity contribution >= 4 is 5.97 Å². The summed E-state index contributed by atoms with van der Waals surface area (Å²) < 4.78 is 6.86. The number of hydrogen-bond donors (Lipinski definition) is 0. The highest BCUT2D eigenvalue weighted by Gasteiger charge is 2.13. The van der Waals surface area contributed by atoms with E-state index >= 15 is 0 Å². The van der Waals surface area contributed by atoms with E-state index in [4.69, 9.17) is 4.74 Å². The Labute approximate surface area is 112 Å². The highest BCUT2D eigenvalue weighted by molar-refractivity contribution is 5.90. The Kier molecular flexibility index (Phi) is 3.94. The molecule has 0 radical (unpaired) electrons. The van der Waals surface area contributed by atoms with Gasteiger partial charge in [0, 0.05) is 25.9 Å². The molecule has 100 valence electrons. The van der Waals surface area contributed by atoms with Crippen LogP contribution in [-0.4, -0.2) is 27.1 Å². The molecule has 0 bridgehead atoms. The van der Waals surface area contributed by atoms with Crippen molar-refractivity contribution in [2.24, 2.45) is 7.05 Å². The van der Waals surface area contributed by atoms with Crippen LogP contribution in [-0.2, 0) is 18.2 Å². The lowest BCUT2D eigenvalue weighted by molar-refractivity contribution is 0.0526. The molecule has 0 aliphatic heterocycles. The van der Waals surface area contributed by atoms with Gasteiger partial charge in [-0.3, -0.25) is 0 Å². The van der Waals surface area contributed by atoms with Gasteiger partial charge in [-0.1, -0.05) is 6.92 Å². The molecule has 19 heavy (non-hydrogen) atoms. The van der Waals surface area contributed by atoms with Crippen LogP contribution in [0.15, 0.2) is 24.5 Å². The van der Waals surface area contributed by atoms with E-state index in [1.165, 1.54) is 0 Å². The van der Waals surface area contributed by atoms with Crippen LogP contribution in [0.1, 0.15) is 30.0 Å². The van der Waals surface area contributed by atoms with Gasteiger partial charge in [0.1, 0.15) is 5.82 Å². The number of aryl methyl sites for hydroxylation is 2. The lowest BCUT2D eigenvalue weighted by Crippen LogP contribution is -2.02. The lowest BCUT2D eigenvalue weighted by Gasteiger charge is -2.03.